The smallest absolute Gasteiger partial charge is 0.121 e. The van der Waals surface area contributed by atoms with E-state index >= 15 is 0 Å². The Hall–Kier alpha value is -0.290. The predicted molar refractivity (Wildman–Crippen MR) is 70.8 cm³/mol. The van der Waals surface area contributed by atoms with Crippen molar-refractivity contribution in [3.8, 4) is 5.75 Å². The van der Waals surface area contributed by atoms with Gasteiger partial charge in [-0.3, -0.25) is 0 Å². The highest BCUT2D eigenvalue weighted by molar-refractivity contribution is 9.10. The van der Waals surface area contributed by atoms with E-state index in [0.29, 0.717) is 5.56 Å². The number of aliphatic hydroxyl groups excluding tert-OH is 1. The second-order valence-corrected chi connectivity index (χ2v) is 4.88. The summed E-state index contributed by atoms with van der Waals surface area (Å²) in [6.45, 7) is 3.78. The number of benzene rings is 1. The summed E-state index contributed by atoms with van der Waals surface area (Å²) in [4.78, 5) is 0. The van der Waals surface area contributed by atoms with E-state index in [1.807, 2.05) is 13.8 Å². The van der Waals surface area contributed by atoms with Crippen LogP contribution in [0.3, 0.4) is 0 Å². The lowest BCUT2D eigenvalue weighted by molar-refractivity contribution is 0.0970. The van der Waals surface area contributed by atoms with Gasteiger partial charge in [-0.1, -0.05) is 35.8 Å². The minimum atomic E-state index is -0.655. The monoisotopic (exact) mass is 309 g/mol. The van der Waals surface area contributed by atoms with Gasteiger partial charge in [0, 0.05) is 10.0 Å². The maximum Gasteiger partial charge on any atom is 0.121 e. The topological polar surface area (TPSA) is 66.5 Å². The Morgan fingerprint density at radius 2 is 1.88 bits per heavy atom. The molecule has 2 atom stereocenters. The summed E-state index contributed by atoms with van der Waals surface area (Å²) >= 11 is 3.25. The van der Waals surface area contributed by atoms with Crippen molar-refractivity contribution in [2.45, 2.75) is 26.0 Å². The molecule has 1 aromatic carbocycles. The molecule has 0 amide bonds. The van der Waals surface area contributed by atoms with Crippen molar-refractivity contribution < 1.29 is 10.2 Å². The van der Waals surface area contributed by atoms with Gasteiger partial charge in [-0.15, -0.1) is 12.4 Å². The second-order valence-electron chi connectivity index (χ2n) is 3.96. The molecule has 1 rings (SSSR count). The van der Waals surface area contributed by atoms with Gasteiger partial charge in [-0.25, -0.2) is 0 Å². The number of hydrogen-bond donors (Lipinski definition) is 3. The van der Waals surface area contributed by atoms with Gasteiger partial charge in [-0.05, 0) is 18.1 Å². The number of rotatable bonds is 3. The molecule has 0 heterocycles. The quantitative estimate of drug-likeness (QED) is 0.804. The molecule has 0 bridgehead atoms. The second kappa shape index (κ2) is 6.45. The minimum absolute atomic E-state index is 0. The van der Waals surface area contributed by atoms with Crippen LogP contribution in [0.25, 0.3) is 0 Å². The average Bonchev–Trinajstić information content (AvgIpc) is 2.15. The van der Waals surface area contributed by atoms with Crippen molar-refractivity contribution in [2.24, 2.45) is 11.7 Å². The van der Waals surface area contributed by atoms with Crippen LogP contribution >= 0.6 is 28.3 Å². The Morgan fingerprint density at radius 3 is 2.31 bits per heavy atom. The molecule has 4 N–H and O–H groups in total. The zero-order valence-electron chi connectivity index (χ0n) is 9.22. The van der Waals surface area contributed by atoms with Gasteiger partial charge in [0.1, 0.15) is 5.75 Å². The molecule has 5 heteroatoms. The Morgan fingerprint density at radius 1 is 1.31 bits per heavy atom. The van der Waals surface area contributed by atoms with Crippen LogP contribution in [0.2, 0.25) is 0 Å². The fourth-order valence-corrected chi connectivity index (χ4v) is 1.75. The Labute approximate surface area is 110 Å². The van der Waals surface area contributed by atoms with Crippen molar-refractivity contribution >= 4 is 28.3 Å². The SMILES string of the molecule is CC(C)[C@@H](O)[C@@H](N)c1ccc(Br)cc1O.Cl. The van der Waals surface area contributed by atoms with Crippen LogP contribution in [-0.4, -0.2) is 16.3 Å². The third-order valence-corrected chi connectivity index (χ3v) is 2.90. The molecule has 3 nitrogen and oxygen atoms in total. The van der Waals surface area contributed by atoms with E-state index < -0.39 is 12.1 Å². The van der Waals surface area contributed by atoms with E-state index in [1.165, 1.54) is 0 Å². The van der Waals surface area contributed by atoms with Crippen LogP contribution in [0.5, 0.6) is 5.75 Å². The number of phenolic OH excluding ortho intramolecular Hbond substituents is 1. The summed E-state index contributed by atoms with van der Waals surface area (Å²) in [5, 5.41) is 19.5. The van der Waals surface area contributed by atoms with Crippen LogP contribution in [-0.2, 0) is 0 Å². The van der Waals surface area contributed by atoms with Crippen molar-refractivity contribution in [1.29, 1.82) is 0 Å². The van der Waals surface area contributed by atoms with E-state index in [4.69, 9.17) is 5.73 Å². The van der Waals surface area contributed by atoms with Crippen molar-refractivity contribution in [3.63, 3.8) is 0 Å². The molecule has 16 heavy (non-hydrogen) atoms. The minimum Gasteiger partial charge on any atom is -0.508 e. The van der Waals surface area contributed by atoms with E-state index in [9.17, 15) is 10.2 Å². The lowest BCUT2D eigenvalue weighted by Crippen LogP contribution is -2.30. The van der Waals surface area contributed by atoms with Gasteiger partial charge >= 0.3 is 0 Å². The molecule has 0 spiro atoms. The summed E-state index contributed by atoms with van der Waals surface area (Å²) in [7, 11) is 0. The third-order valence-electron chi connectivity index (χ3n) is 2.40. The predicted octanol–water partition coefficient (Wildman–Crippen LogP) is 2.59. The normalized spacial score (nSPS) is 14.4. The summed E-state index contributed by atoms with van der Waals surface area (Å²) in [6, 6.07) is 4.53. The molecule has 0 fully saturated rings. The van der Waals surface area contributed by atoms with Crippen LogP contribution in [0.1, 0.15) is 25.5 Å². The Bertz CT molecular complexity index is 347. The molecule has 0 saturated carbocycles. The number of halogens is 2. The fraction of sp³-hybridized carbons (Fsp3) is 0.455. The molecule has 0 radical (unpaired) electrons. The van der Waals surface area contributed by atoms with Gasteiger partial charge < -0.3 is 15.9 Å². The molecule has 0 aromatic heterocycles. The highest BCUT2D eigenvalue weighted by Gasteiger charge is 2.22. The van der Waals surface area contributed by atoms with Crippen LogP contribution in [0.4, 0.5) is 0 Å². The Kier molecular flexibility index (Phi) is 6.33. The summed E-state index contributed by atoms with van der Waals surface area (Å²) in [5.74, 6) is 0.166. The van der Waals surface area contributed by atoms with Gasteiger partial charge in [0.05, 0.1) is 12.1 Å². The molecular weight excluding hydrogens is 293 g/mol. The van der Waals surface area contributed by atoms with Crippen LogP contribution in [0, 0.1) is 5.92 Å². The van der Waals surface area contributed by atoms with Crippen molar-refractivity contribution in [3.05, 3.63) is 28.2 Å². The van der Waals surface area contributed by atoms with Crippen LogP contribution in [0.15, 0.2) is 22.7 Å². The van der Waals surface area contributed by atoms with Gasteiger partial charge in [0.25, 0.3) is 0 Å². The standard InChI is InChI=1S/C11H16BrNO2.ClH/c1-6(2)11(15)10(13)8-4-3-7(12)5-9(8)14;/h3-6,10-11,14-15H,13H2,1-2H3;1H/t10-,11+;/m0./s1. The van der Waals surface area contributed by atoms with Gasteiger partial charge in [-0.2, -0.15) is 0 Å². The molecule has 1 aromatic rings. The van der Waals surface area contributed by atoms with Crippen molar-refractivity contribution in [2.75, 3.05) is 0 Å². The van der Waals surface area contributed by atoms with Gasteiger partial charge in [0.15, 0.2) is 0 Å². The van der Waals surface area contributed by atoms with E-state index in [1.54, 1.807) is 18.2 Å². The number of aliphatic hydroxyl groups is 1. The van der Waals surface area contributed by atoms with E-state index in [0.717, 1.165) is 4.47 Å². The molecule has 0 aliphatic rings. The summed E-state index contributed by atoms with van der Waals surface area (Å²) in [6.07, 6.45) is -0.655. The maximum atomic E-state index is 9.79. The molecule has 0 saturated heterocycles. The number of aromatic hydroxyl groups is 1. The van der Waals surface area contributed by atoms with E-state index in [2.05, 4.69) is 15.9 Å². The highest BCUT2D eigenvalue weighted by atomic mass is 79.9. The lowest BCUT2D eigenvalue weighted by atomic mass is 9.94. The molecular formula is C11H17BrClNO2. The summed E-state index contributed by atoms with van der Waals surface area (Å²) in [5.41, 5.74) is 6.43. The maximum absolute atomic E-state index is 9.79. The first kappa shape index (κ1) is 15.7. The van der Waals surface area contributed by atoms with Gasteiger partial charge in [0.2, 0.25) is 0 Å². The third kappa shape index (κ3) is 3.63. The first-order valence-corrected chi connectivity index (χ1v) is 5.65. The first-order chi connectivity index (χ1) is 6.93. The van der Waals surface area contributed by atoms with E-state index in [-0.39, 0.29) is 24.1 Å². The largest absolute Gasteiger partial charge is 0.508 e. The fourth-order valence-electron chi connectivity index (χ4n) is 1.40. The Balaban J connectivity index is 0.00000225. The highest BCUT2D eigenvalue weighted by Crippen LogP contribution is 2.29. The molecule has 0 aliphatic carbocycles. The van der Waals surface area contributed by atoms with Crippen LogP contribution < -0.4 is 5.73 Å². The molecule has 0 unspecified atom stereocenters. The zero-order valence-corrected chi connectivity index (χ0v) is 11.6. The molecule has 92 valence electrons. The summed E-state index contributed by atoms with van der Waals surface area (Å²) < 4.78 is 0.787. The average molecular weight is 311 g/mol. The van der Waals surface area contributed by atoms with Crippen molar-refractivity contribution in [1.82, 2.24) is 0 Å². The number of nitrogens with two attached hydrogens (primary N) is 1. The first-order valence-electron chi connectivity index (χ1n) is 4.85. The number of phenols is 1. The zero-order chi connectivity index (χ0) is 11.6. The molecule has 0 aliphatic heterocycles. The lowest BCUT2D eigenvalue weighted by Gasteiger charge is -2.23. The number of hydrogen-bond acceptors (Lipinski definition) is 3.